The van der Waals surface area contributed by atoms with Crippen molar-refractivity contribution < 1.29 is 0 Å². The number of thioether (sulfide) groups is 1. The van der Waals surface area contributed by atoms with Gasteiger partial charge in [0.25, 0.3) is 0 Å². The summed E-state index contributed by atoms with van der Waals surface area (Å²) in [5, 5.41) is 2.44. The van der Waals surface area contributed by atoms with Gasteiger partial charge in [-0.1, -0.05) is 70.7 Å². The van der Waals surface area contributed by atoms with Gasteiger partial charge in [0, 0.05) is 27.2 Å². The monoisotopic (exact) mass is 451 g/mol. The first kappa shape index (κ1) is 19.2. The molecular weight excluding hydrogens is 440 g/mol. The van der Waals surface area contributed by atoms with Crippen molar-refractivity contribution in [3.63, 3.8) is 0 Å². The van der Waals surface area contributed by atoms with Crippen molar-refractivity contribution in [3.05, 3.63) is 91.9 Å². The standard InChI is InChI=1S/C21H13Cl4NS/c22-13-6-7-14(16(24)10-13)19-11-21(12-5-8-15(23)17(25)9-12)27-20-4-2-1-3-18(20)26-19/h1-10,21H,11H2/t21-/m1/s1. The van der Waals surface area contributed by atoms with Gasteiger partial charge < -0.3 is 0 Å². The molecule has 27 heavy (non-hydrogen) atoms. The van der Waals surface area contributed by atoms with Crippen LogP contribution in [0.25, 0.3) is 0 Å². The molecule has 0 bridgehead atoms. The zero-order valence-corrected chi connectivity index (χ0v) is 17.8. The van der Waals surface area contributed by atoms with E-state index in [2.05, 4.69) is 6.07 Å². The Kier molecular flexibility index (Phi) is 5.73. The van der Waals surface area contributed by atoms with Gasteiger partial charge in [-0.15, -0.1) is 11.8 Å². The molecule has 1 nitrogen and oxygen atoms in total. The van der Waals surface area contributed by atoms with Crippen LogP contribution in [0.15, 0.2) is 70.6 Å². The second-order valence-corrected chi connectivity index (χ2v) is 9.04. The molecule has 4 rings (SSSR count). The molecular formula is C21H13Cl4NS. The van der Waals surface area contributed by atoms with Crippen LogP contribution in [-0.2, 0) is 0 Å². The third kappa shape index (κ3) is 4.16. The Morgan fingerprint density at radius 2 is 1.63 bits per heavy atom. The summed E-state index contributed by atoms with van der Waals surface area (Å²) < 4.78 is 0. The topological polar surface area (TPSA) is 12.4 Å². The molecule has 136 valence electrons. The van der Waals surface area contributed by atoms with Crippen LogP contribution in [0.4, 0.5) is 5.69 Å². The summed E-state index contributed by atoms with van der Waals surface area (Å²) >= 11 is 26.7. The lowest BCUT2D eigenvalue weighted by atomic mass is 10.0. The summed E-state index contributed by atoms with van der Waals surface area (Å²) in [6.45, 7) is 0. The largest absolute Gasteiger partial charge is 0.252 e. The predicted molar refractivity (Wildman–Crippen MR) is 119 cm³/mol. The zero-order chi connectivity index (χ0) is 19.0. The van der Waals surface area contributed by atoms with Crippen molar-refractivity contribution in [3.8, 4) is 0 Å². The van der Waals surface area contributed by atoms with E-state index in [0.717, 1.165) is 27.4 Å². The molecule has 0 fully saturated rings. The molecule has 0 spiro atoms. The zero-order valence-electron chi connectivity index (χ0n) is 13.9. The fourth-order valence-corrected chi connectivity index (χ4v) is 5.05. The van der Waals surface area contributed by atoms with Crippen LogP contribution in [0.1, 0.15) is 22.8 Å². The molecule has 1 heterocycles. The molecule has 6 heteroatoms. The molecule has 0 saturated heterocycles. The highest BCUT2D eigenvalue weighted by atomic mass is 35.5. The average Bonchev–Trinajstić information content (AvgIpc) is 2.83. The number of hydrogen-bond acceptors (Lipinski definition) is 2. The first-order valence-corrected chi connectivity index (χ1v) is 10.6. The van der Waals surface area contributed by atoms with Crippen molar-refractivity contribution in [2.24, 2.45) is 4.99 Å². The normalized spacial score (nSPS) is 16.4. The smallest absolute Gasteiger partial charge is 0.0769 e. The Balaban J connectivity index is 1.82. The van der Waals surface area contributed by atoms with Gasteiger partial charge in [-0.3, -0.25) is 4.99 Å². The number of aliphatic imine (C=N–C) groups is 1. The lowest BCUT2D eigenvalue weighted by Crippen LogP contribution is -2.06. The molecule has 1 aliphatic heterocycles. The van der Waals surface area contributed by atoms with Gasteiger partial charge in [0.05, 0.1) is 26.5 Å². The lowest BCUT2D eigenvalue weighted by molar-refractivity contribution is 1.01. The average molecular weight is 453 g/mol. The number of rotatable bonds is 2. The second kappa shape index (κ2) is 8.06. The van der Waals surface area contributed by atoms with E-state index < -0.39 is 0 Å². The Morgan fingerprint density at radius 3 is 2.41 bits per heavy atom. The van der Waals surface area contributed by atoms with E-state index >= 15 is 0 Å². The highest BCUT2D eigenvalue weighted by Crippen LogP contribution is 2.46. The summed E-state index contributed by atoms with van der Waals surface area (Å²) in [6, 6.07) is 19.4. The number of benzene rings is 3. The van der Waals surface area contributed by atoms with Crippen LogP contribution in [0.3, 0.4) is 0 Å². The van der Waals surface area contributed by atoms with Crippen molar-refractivity contribution in [1.29, 1.82) is 0 Å². The van der Waals surface area contributed by atoms with E-state index in [0.29, 0.717) is 26.5 Å². The fraction of sp³-hybridized carbons (Fsp3) is 0.0952. The van der Waals surface area contributed by atoms with Gasteiger partial charge in [0.2, 0.25) is 0 Å². The first-order chi connectivity index (χ1) is 13.0. The quantitative estimate of drug-likeness (QED) is 0.378. The van der Waals surface area contributed by atoms with E-state index in [1.165, 1.54) is 0 Å². The summed E-state index contributed by atoms with van der Waals surface area (Å²) in [7, 11) is 0. The number of nitrogens with zero attached hydrogens (tertiary/aromatic N) is 1. The molecule has 3 aromatic carbocycles. The maximum absolute atomic E-state index is 6.47. The molecule has 0 unspecified atom stereocenters. The van der Waals surface area contributed by atoms with Crippen LogP contribution < -0.4 is 0 Å². The van der Waals surface area contributed by atoms with E-state index in [1.807, 2.05) is 48.5 Å². The minimum Gasteiger partial charge on any atom is -0.252 e. The van der Waals surface area contributed by atoms with Crippen LogP contribution in [0.5, 0.6) is 0 Å². The molecule has 0 amide bonds. The molecule has 0 radical (unpaired) electrons. The van der Waals surface area contributed by atoms with Gasteiger partial charge in [0.15, 0.2) is 0 Å². The molecule has 1 aliphatic rings. The minimum absolute atomic E-state index is 0.133. The van der Waals surface area contributed by atoms with Crippen LogP contribution in [0.2, 0.25) is 20.1 Å². The molecule has 0 aromatic heterocycles. The minimum atomic E-state index is 0.133. The Hall–Kier alpha value is -1.16. The second-order valence-electron chi connectivity index (χ2n) is 6.13. The van der Waals surface area contributed by atoms with Crippen molar-refractivity contribution >= 4 is 69.6 Å². The number of para-hydroxylation sites is 1. The van der Waals surface area contributed by atoms with E-state index in [1.54, 1.807) is 17.8 Å². The van der Waals surface area contributed by atoms with E-state index in [-0.39, 0.29) is 5.25 Å². The van der Waals surface area contributed by atoms with Gasteiger partial charge >= 0.3 is 0 Å². The Morgan fingerprint density at radius 1 is 0.815 bits per heavy atom. The number of fused-ring (bicyclic) bond motifs is 1. The van der Waals surface area contributed by atoms with Gasteiger partial charge in [-0.25, -0.2) is 0 Å². The Labute approximate surface area is 182 Å². The summed E-state index contributed by atoms with van der Waals surface area (Å²) in [6.07, 6.45) is 0.707. The number of hydrogen-bond donors (Lipinski definition) is 0. The van der Waals surface area contributed by atoms with Crippen molar-refractivity contribution in [2.75, 3.05) is 0 Å². The van der Waals surface area contributed by atoms with E-state index in [4.69, 9.17) is 51.4 Å². The summed E-state index contributed by atoms with van der Waals surface area (Å²) in [4.78, 5) is 6.04. The molecule has 1 atom stereocenters. The fourth-order valence-electron chi connectivity index (χ4n) is 3.00. The highest BCUT2D eigenvalue weighted by molar-refractivity contribution is 7.99. The molecule has 3 aromatic rings. The number of halogens is 4. The molecule has 0 N–H and O–H groups in total. The third-order valence-electron chi connectivity index (χ3n) is 4.33. The van der Waals surface area contributed by atoms with Crippen molar-refractivity contribution in [1.82, 2.24) is 0 Å². The maximum Gasteiger partial charge on any atom is 0.0769 e. The summed E-state index contributed by atoms with van der Waals surface area (Å²) in [5.74, 6) is 0. The van der Waals surface area contributed by atoms with E-state index in [9.17, 15) is 0 Å². The van der Waals surface area contributed by atoms with Gasteiger partial charge in [-0.05, 0) is 42.0 Å². The first-order valence-electron chi connectivity index (χ1n) is 8.25. The van der Waals surface area contributed by atoms with Crippen LogP contribution >= 0.6 is 58.2 Å². The Bertz CT molecular complexity index is 1050. The van der Waals surface area contributed by atoms with Gasteiger partial charge in [-0.2, -0.15) is 0 Å². The van der Waals surface area contributed by atoms with Gasteiger partial charge in [0.1, 0.15) is 0 Å². The van der Waals surface area contributed by atoms with Crippen LogP contribution in [0, 0.1) is 0 Å². The highest BCUT2D eigenvalue weighted by Gasteiger charge is 2.24. The molecule has 0 aliphatic carbocycles. The van der Waals surface area contributed by atoms with Crippen LogP contribution in [-0.4, -0.2) is 5.71 Å². The third-order valence-corrected chi connectivity index (χ3v) is 6.94. The maximum atomic E-state index is 6.47. The molecule has 0 saturated carbocycles. The predicted octanol–water partition coefficient (Wildman–Crippen LogP) is 8.66. The lowest BCUT2D eigenvalue weighted by Gasteiger charge is -2.17. The summed E-state index contributed by atoms with van der Waals surface area (Å²) in [5.41, 5.74) is 3.85. The SMILES string of the molecule is Clc1ccc(C2=Nc3ccccc3S[C@@H](c3ccc(Cl)c(Cl)c3)C2)c(Cl)c1. The van der Waals surface area contributed by atoms with Crippen molar-refractivity contribution in [2.45, 2.75) is 16.6 Å².